The number of ether oxygens (including phenoxy) is 1. The Morgan fingerprint density at radius 1 is 1.29 bits per heavy atom. The van der Waals surface area contributed by atoms with Gasteiger partial charge in [0.05, 0.1) is 12.2 Å². The van der Waals surface area contributed by atoms with E-state index < -0.39 is 0 Å². The van der Waals surface area contributed by atoms with Crippen molar-refractivity contribution in [1.82, 2.24) is 5.32 Å². The highest BCUT2D eigenvalue weighted by atomic mass is 16.5. The molecule has 14 heavy (non-hydrogen) atoms. The van der Waals surface area contributed by atoms with Crippen LogP contribution < -0.4 is 5.32 Å². The van der Waals surface area contributed by atoms with E-state index in [2.05, 4.69) is 19.2 Å². The molecule has 1 saturated heterocycles. The van der Waals surface area contributed by atoms with Crippen molar-refractivity contribution < 1.29 is 4.74 Å². The molecule has 1 aliphatic heterocycles. The monoisotopic (exact) mass is 197 g/mol. The third kappa shape index (κ3) is 2.48. The molecule has 2 fully saturated rings. The molecular weight excluding hydrogens is 174 g/mol. The molecule has 2 heteroatoms. The summed E-state index contributed by atoms with van der Waals surface area (Å²) in [5.41, 5.74) is 0.412. The van der Waals surface area contributed by atoms with E-state index in [-0.39, 0.29) is 0 Å². The Bertz CT molecular complexity index is 187. The fraction of sp³-hybridized carbons (Fsp3) is 1.00. The molecule has 2 atom stereocenters. The predicted octanol–water partition coefficient (Wildman–Crippen LogP) is 2.48. The molecule has 0 radical (unpaired) electrons. The van der Waals surface area contributed by atoms with E-state index in [1.54, 1.807) is 0 Å². The minimum Gasteiger partial charge on any atom is -0.374 e. The Morgan fingerprint density at radius 3 is 2.57 bits per heavy atom. The topological polar surface area (TPSA) is 21.3 Å². The van der Waals surface area contributed by atoms with Gasteiger partial charge < -0.3 is 10.1 Å². The molecule has 0 aromatic carbocycles. The number of nitrogens with one attached hydrogen (secondary N) is 1. The highest BCUT2D eigenvalue weighted by Crippen LogP contribution is 2.29. The first-order valence-electron chi connectivity index (χ1n) is 6.08. The second kappa shape index (κ2) is 4.19. The minimum atomic E-state index is 0.412. The van der Waals surface area contributed by atoms with Crippen LogP contribution in [-0.4, -0.2) is 24.3 Å². The average molecular weight is 197 g/mol. The fourth-order valence-electron chi connectivity index (χ4n) is 2.73. The van der Waals surface area contributed by atoms with Crippen molar-refractivity contribution in [3.05, 3.63) is 0 Å². The molecule has 2 rings (SSSR count). The normalized spacial score (nSPS) is 36.4. The van der Waals surface area contributed by atoms with Gasteiger partial charge in [0.15, 0.2) is 0 Å². The molecule has 1 saturated carbocycles. The summed E-state index contributed by atoms with van der Waals surface area (Å²) in [6.45, 7) is 5.59. The molecule has 0 spiro atoms. The Hall–Kier alpha value is -0.0800. The van der Waals surface area contributed by atoms with Gasteiger partial charge in [-0.15, -0.1) is 0 Å². The molecular formula is C12H23NO. The van der Waals surface area contributed by atoms with Crippen LogP contribution in [0, 0.1) is 0 Å². The average Bonchev–Trinajstić information content (AvgIpc) is 2.73. The summed E-state index contributed by atoms with van der Waals surface area (Å²) in [6, 6.07) is 0. The summed E-state index contributed by atoms with van der Waals surface area (Å²) in [6.07, 6.45) is 8.91. The molecule has 0 aromatic heterocycles. The zero-order valence-corrected chi connectivity index (χ0v) is 9.51. The summed E-state index contributed by atoms with van der Waals surface area (Å²) in [5, 5.41) is 3.70. The lowest BCUT2D eigenvalue weighted by atomic mass is 10.0. The SMILES string of the molecule is CC1CCC(CNC2(C)CCCC2)O1. The van der Waals surface area contributed by atoms with Gasteiger partial charge in [0.2, 0.25) is 0 Å². The van der Waals surface area contributed by atoms with Gasteiger partial charge in [-0.25, -0.2) is 0 Å². The Balaban J connectivity index is 1.71. The molecule has 0 amide bonds. The van der Waals surface area contributed by atoms with E-state index in [1.807, 2.05) is 0 Å². The molecule has 0 bridgehead atoms. The van der Waals surface area contributed by atoms with Crippen molar-refractivity contribution in [2.75, 3.05) is 6.54 Å². The largest absolute Gasteiger partial charge is 0.374 e. The molecule has 2 aliphatic rings. The van der Waals surface area contributed by atoms with Gasteiger partial charge in [-0.05, 0) is 39.5 Å². The summed E-state index contributed by atoms with van der Waals surface area (Å²) in [5.74, 6) is 0. The number of hydrogen-bond acceptors (Lipinski definition) is 2. The van der Waals surface area contributed by atoms with Crippen LogP contribution in [-0.2, 0) is 4.74 Å². The maximum atomic E-state index is 5.80. The second-order valence-electron chi connectivity index (χ2n) is 5.29. The summed E-state index contributed by atoms with van der Waals surface area (Å²) >= 11 is 0. The van der Waals surface area contributed by atoms with Gasteiger partial charge in [-0.3, -0.25) is 0 Å². The van der Waals surface area contributed by atoms with Crippen LogP contribution in [0.1, 0.15) is 52.4 Å². The van der Waals surface area contributed by atoms with Crippen molar-refractivity contribution in [2.24, 2.45) is 0 Å². The maximum Gasteiger partial charge on any atom is 0.0704 e. The lowest BCUT2D eigenvalue weighted by Crippen LogP contribution is -2.43. The molecule has 1 aliphatic carbocycles. The Labute approximate surface area is 87.4 Å². The van der Waals surface area contributed by atoms with E-state index in [9.17, 15) is 0 Å². The van der Waals surface area contributed by atoms with Crippen LogP contribution in [0.3, 0.4) is 0 Å². The van der Waals surface area contributed by atoms with Crippen molar-refractivity contribution in [3.8, 4) is 0 Å². The van der Waals surface area contributed by atoms with Gasteiger partial charge in [0.1, 0.15) is 0 Å². The van der Waals surface area contributed by atoms with Crippen molar-refractivity contribution in [1.29, 1.82) is 0 Å². The second-order valence-corrected chi connectivity index (χ2v) is 5.29. The summed E-state index contributed by atoms with van der Waals surface area (Å²) in [4.78, 5) is 0. The van der Waals surface area contributed by atoms with Crippen LogP contribution in [0.15, 0.2) is 0 Å². The van der Waals surface area contributed by atoms with Crippen LogP contribution in [0.4, 0.5) is 0 Å². The quantitative estimate of drug-likeness (QED) is 0.750. The van der Waals surface area contributed by atoms with Crippen molar-refractivity contribution in [2.45, 2.75) is 70.1 Å². The van der Waals surface area contributed by atoms with Crippen LogP contribution in [0.2, 0.25) is 0 Å². The smallest absolute Gasteiger partial charge is 0.0704 e. The molecule has 1 N–H and O–H groups in total. The highest BCUT2D eigenvalue weighted by molar-refractivity contribution is 4.89. The molecule has 1 heterocycles. The van der Waals surface area contributed by atoms with Crippen molar-refractivity contribution in [3.63, 3.8) is 0 Å². The fourth-order valence-corrected chi connectivity index (χ4v) is 2.73. The maximum absolute atomic E-state index is 5.80. The lowest BCUT2D eigenvalue weighted by molar-refractivity contribution is 0.0512. The molecule has 2 unspecified atom stereocenters. The lowest BCUT2D eigenvalue weighted by Gasteiger charge is -2.27. The first kappa shape index (κ1) is 10.4. The number of rotatable bonds is 3. The van der Waals surface area contributed by atoms with Crippen LogP contribution in [0.25, 0.3) is 0 Å². The summed E-state index contributed by atoms with van der Waals surface area (Å²) in [7, 11) is 0. The Kier molecular flexibility index (Phi) is 3.13. The minimum absolute atomic E-state index is 0.412. The van der Waals surface area contributed by atoms with Crippen LogP contribution in [0.5, 0.6) is 0 Å². The van der Waals surface area contributed by atoms with Gasteiger partial charge in [-0.1, -0.05) is 12.8 Å². The van der Waals surface area contributed by atoms with Gasteiger partial charge in [-0.2, -0.15) is 0 Å². The van der Waals surface area contributed by atoms with E-state index in [4.69, 9.17) is 4.74 Å². The van der Waals surface area contributed by atoms with E-state index in [1.165, 1.54) is 38.5 Å². The van der Waals surface area contributed by atoms with Gasteiger partial charge in [0.25, 0.3) is 0 Å². The zero-order valence-electron chi connectivity index (χ0n) is 9.51. The standard InChI is InChI=1S/C12H23NO/c1-10-5-6-11(14-10)9-13-12(2)7-3-4-8-12/h10-11,13H,3-9H2,1-2H3. The van der Waals surface area contributed by atoms with E-state index in [0.29, 0.717) is 17.7 Å². The third-order valence-electron chi connectivity index (χ3n) is 3.78. The Morgan fingerprint density at radius 2 is 2.00 bits per heavy atom. The van der Waals surface area contributed by atoms with Gasteiger partial charge >= 0.3 is 0 Å². The number of hydrogen-bond donors (Lipinski definition) is 1. The van der Waals surface area contributed by atoms with Gasteiger partial charge in [0, 0.05) is 12.1 Å². The third-order valence-corrected chi connectivity index (χ3v) is 3.78. The van der Waals surface area contributed by atoms with Crippen molar-refractivity contribution >= 4 is 0 Å². The highest BCUT2D eigenvalue weighted by Gasteiger charge is 2.30. The van der Waals surface area contributed by atoms with E-state index >= 15 is 0 Å². The first-order valence-corrected chi connectivity index (χ1v) is 6.08. The summed E-state index contributed by atoms with van der Waals surface area (Å²) < 4.78 is 5.80. The molecule has 82 valence electrons. The molecule has 2 nitrogen and oxygen atoms in total. The first-order chi connectivity index (χ1) is 6.68. The predicted molar refractivity (Wildman–Crippen MR) is 58.4 cm³/mol. The van der Waals surface area contributed by atoms with Crippen LogP contribution >= 0.6 is 0 Å². The van der Waals surface area contributed by atoms with E-state index in [0.717, 1.165) is 6.54 Å². The molecule has 0 aromatic rings. The zero-order chi connectivity index (χ0) is 10.0.